The molecule has 1 unspecified atom stereocenters. The van der Waals surface area contributed by atoms with Crippen LogP contribution in [0.1, 0.15) is 38.7 Å². The number of nitrogens with zero attached hydrogens (tertiary/aromatic N) is 2. The number of guanidine groups is 1. The van der Waals surface area contributed by atoms with Gasteiger partial charge in [-0.1, -0.05) is 13.0 Å². The summed E-state index contributed by atoms with van der Waals surface area (Å²) in [5.74, 6) is 2.59. The number of ether oxygens (including phenoxy) is 2. The van der Waals surface area contributed by atoms with Crippen LogP contribution in [0.2, 0.25) is 0 Å². The Morgan fingerprint density at radius 1 is 1.25 bits per heavy atom. The predicted octanol–water partition coefficient (Wildman–Crippen LogP) is 2.53. The van der Waals surface area contributed by atoms with Gasteiger partial charge in [0.05, 0.1) is 19.8 Å². The SMILES string of the molecule is CCNC(=NCc1ccc2c(c1)OCCCO2)NC1CCN(C(=O)CC)C1.I. The first-order valence-corrected chi connectivity index (χ1v) is 9.90. The van der Waals surface area contributed by atoms with Crippen LogP contribution < -0.4 is 20.1 Å². The van der Waals surface area contributed by atoms with Gasteiger partial charge < -0.3 is 25.0 Å². The zero-order valence-electron chi connectivity index (χ0n) is 16.7. The Morgan fingerprint density at radius 3 is 2.79 bits per heavy atom. The van der Waals surface area contributed by atoms with E-state index in [4.69, 9.17) is 14.5 Å². The molecule has 7 nitrogen and oxygen atoms in total. The Bertz CT molecular complexity index is 683. The fourth-order valence-electron chi connectivity index (χ4n) is 3.32. The van der Waals surface area contributed by atoms with Crippen molar-refractivity contribution in [2.45, 2.75) is 45.7 Å². The number of aliphatic imine (C=N–C) groups is 1. The van der Waals surface area contributed by atoms with Crippen LogP contribution >= 0.6 is 24.0 Å². The minimum Gasteiger partial charge on any atom is -0.490 e. The zero-order chi connectivity index (χ0) is 19.1. The maximum Gasteiger partial charge on any atom is 0.222 e. The number of halogens is 1. The van der Waals surface area contributed by atoms with Gasteiger partial charge in [-0.15, -0.1) is 24.0 Å². The van der Waals surface area contributed by atoms with Gasteiger partial charge in [0.1, 0.15) is 0 Å². The van der Waals surface area contributed by atoms with Crippen LogP contribution in [0.5, 0.6) is 11.5 Å². The molecule has 1 aromatic rings. The number of amides is 1. The quantitative estimate of drug-likeness (QED) is 0.368. The van der Waals surface area contributed by atoms with Gasteiger partial charge in [-0.25, -0.2) is 4.99 Å². The second-order valence-electron chi connectivity index (χ2n) is 6.85. The maximum atomic E-state index is 11.9. The number of hydrogen-bond acceptors (Lipinski definition) is 4. The fraction of sp³-hybridized carbons (Fsp3) is 0.600. The number of hydrogen-bond donors (Lipinski definition) is 2. The Morgan fingerprint density at radius 2 is 2.04 bits per heavy atom. The molecule has 8 heteroatoms. The molecular formula is C20H31IN4O3. The molecule has 2 aliphatic rings. The van der Waals surface area contributed by atoms with Gasteiger partial charge in [-0.3, -0.25) is 4.79 Å². The number of carbonyl (C=O) groups excluding carboxylic acids is 1. The molecule has 2 N–H and O–H groups in total. The van der Waals surface area contributed by atoms with Gasteiger partial charge in [-0.05, 0) is 31.0 Å². The maximum absolute atomic E-state index is 11.9. The Hall–Kier alpha value is -1.71. The van der Waals surface area contributed by atoms with E-state index in [1.807, 2.05) is 36.9 Å². The first kappa shape index (κ1) is 22.6. The molecule has 0 saturated carbocycles. The van der Waals surface area contributed by atoms with E-state index >= 15 is 0 Å². The molecular weight excluding hydrogens is 471 g/mol. The number of benzene rings is 1. The number of carbonyl (C=O) groups is 1. The Balaban J connectivity index is 0.00000280. The topological polar surface area (TPSA) is 75.2 Å². The molecule has 0 bridgehead atoms. The second kappa shape index (κ2) is 11.3. The van der Waals surface area contributed by atoms with Crippen LogP contribution in [0.25, 0.3) is 0 Å². The highest BCUT2D eigenvalue weighted by Gasteiger charge is 2.25. The van der Waals surface area contributed by atoms with Crippen molar-refractivity contribution in [3.8, 4) is 11.5 Å². The first-order chi connectivity index (χ1) is 13.2. The molecule has 1 fully saturated rings. The lowest BCUT2D eigenvalue weighted by Crippen LogP contribution is -2.45. The van der Waals surface area contributed by atoms with Crippen molar-refractivity contribution in [3.05, 3.63) is 23.8 Å². The van der Waals surface area contributed by atoms with Crippen LogP contribution in [-0.4, -0.2) is 55.7 Å². The van der Waals surface area contributed by atoms with Crippen molar-refractivity contribution < 1.29 is 14.3 Å². The van der Waals surface area contributed by atoms with Gasteiger partial charge in [0.15, 0.2) is 17.5 Å². The van der Waals surface area contributed by atoms with Crippen molar-refractivity contribution in [2.75, 3.05) is 32.8 Å². The van der Waals surface area contributed by atoms with E-state index < -0.39 is 0 Å². The number of rotatable bonds is 5. The summed E-state index contributed by atoms with van der Waals surface area (Å²) in [6, 6.07) is 6.22. The molecule has 2 aliphatic heterocycles. The van der Waals surface area contributed by atoms with E-state index in [0.717, 1.165) is 55.5 Å². The summed E-state index contributed by atoms with van der Waals surface area (Å²) in [6.45, 7) is 8.22. The predicted molar refractivity (Wildman–Crippen MR) is 121 cm³/mol. The third-order valence-electron chi connectivity index (χ3n) is 4.76. The van der Waals surface area contributed by atoms with Crippen LogP contribution in [-0.2, 0) is 11.3 Å². The first-order valence-electron chi connectivity index (χ1n) is 9.90. The summed E-state index contributed by atoms with van der Waals surface area (Å²) < 4.78 is 11.4. The van der Waals surface area contributed by atoms with E-state index in [0.29, 0.717) is 26.2 Å². The van der Waals surface area contributed by atoms with Crippen LogP contribution in [0.15, 0.2) is 23.2 Å². The van der Waals surface area contributed by atoms with E-state index in [9.17, 15) is 4.79 Å². The average Bonchev–Trinajstić information content (AvgIpc) is 3.02. The number of likely N-dealkylation sites (tertiary alicyclic amines) is 1. The number of nitrogens with one attached hydrogen (secondary N) is 2. The molecule has 0 radical (unpaired) electrons. The van der Waals surface area contributed by atoms with E-state index in [-0.39, 0.29) is 35.9 Å². The van der Waals surface area contributed by atoms with Crippen LogP contribution in [0.4, 0.5) is 0 Å². The minimum absolute atomic E-state index is 0. The molecule has 156 valence electrons. The largest absolute Gasteiger partial charge is 0.490 e. The van der Waals surface area contributed by atoms with Gasteiger partial charge in [-0.2, -0.15) is 0 Å². The summed E-state index contributed by atoms with van der Waals surface area (Å²) in [4.78, 5) is 18.5. The molecule has 0 spiro atoms. The lowest BCUT2D eigenvalue weighted by atomic mass is 10.2. The molecule has 3 rings (SSSR count). The third kappa shape index (κ3) is 6.15. The molecule has 28 heavy (non-hydrogen) atoms. The van der Waals surface area contributed by atoms with E-state index in [1.54, 1.807) is 0 Å². The van der Waals surface area contributed by atoms with Gasteiger partial charge in [0.2, 0.25) is 5.91 Å². The van der Waals surface area contributed by atoms with Crippen LogP contribution in [0.3, 0.4) is 0 Å². The van der Waals surface area contributed by atoms with Gasteiger partial charge in [0, 0.05) is 38.5 Å². The van der Waals surface area contributed by atoms with Gasteiger partial charge in [0.25, 0.3) is 0 Å². The average molecular weight is 502 g/mol. The van der Waals surface area contributed by atoms with E-state index in [1.165, 1.54) is 0 Å². The second-order valence-corrected chi connectivity index (χ2v) is 6.85. The molecule has 1 atom stereocenters. The molecule has 0 aromatic heterocycles. The summed E-state index contributed by atoms with van der Waals surface area (Å²) in [5.41, 5.74) is 1.07. The Labute approximate surface area is 184 Å². The minimum atomic E-state index is 0. The lowest BCUT2D eigenvalue weighted by molar-refractivity contribution is -0.129. The van der Waals surface area contributed by atoms with Crippen LogP contribution in [0, 0.1) is 0 Å². The smallest absolute Gasteiger partial charge is 0.222 e. The normalized spacial score (nSPS) is 18.9. The summed E-state index contributed by atoms with van der Waals surface area (Å²) in [6.07, 6.45) is 2.40. The van der Waals surface area contributed by atoms with Crippen molar-refractivity contribution in [1.82, 2.24) is 15.5 Å². The molecule has 2 heterocycles. The van der Waals surface area contributed by atoms with Gasteiger partial charge >= 0.3 is 0 Å². The molecule has 1 amide bonds. The van der Waals surface area contributed by atoms with Crippen molar-refractivity contribution >= 4 is 35.8 Å². The fourth-order valence-corrected chi connectivity index (χ4v) is 3.32. The molecule has 0 aliphatic carbocycles. The highest BCUT2D eigenvalue weighted by molar-refractivity contribution is 14.0. The van der Waals surface area contributed by atoms with Crippen molar-refractivity contribution in [1.29, 1.82) is 0 Å². The highest BCUT2D eigenvalue weighted by atomic mass is 127. The summed E-state index contributed by atoms with van der Waals surface area (Å²) in [5, 5.41) is 6.75. The monoisotopic (exact) mass is 502 g/mol. The molecule has 1 aromatic carbocycles. The van der Waals surface area contributed by atoms with Crippen molar-refractivity contribution in [3.63, 3.8) is 0 Å². The van der Waals surface area contributed by atoms with E-state index in [2.05, 4.69) is 10.6 Å². The van der Waals surface area contributed by atoms with Crippen molar-refractivity contribution in [2.24, 2.45) is 4.99 Å². The summed E-state index contributed by atoms with van der Waals surface area (Å²) in [7, 11) is 0. The Kier molecular flexibility index (Phi) is 9.14. The number of fused-ring (bicyclic) bond motifs is 1. The zero-order valence-corrected chi connectivity index (χ0v) is 19.0. The molecule has 1 saturated heterocycles. The third-order valence-corrected chi connectivity index (χ3v) is 4.76. The lowest BCUT2D eigenvalue weighted by Gasteiger charge is -2.18. The highest BCUT2D eigenvalue weighted by Crippen LogP contribution is 2.30. The summed E-state index contributed by atoms with van der Waals surface area (Å²) >= 11 is 0. The standard InChI is InChI=1S/C20H30N4O3.HI/c1-3-19(25)24-9-8-16(14-24)23-20(21-4-2)22-13-15-6-7-17-18(12-15)27-11-5-10-26-17;/h6-7,12,16H,3-5,8-11,13-14H2,1-2H3,(H2,21,22,23);1H.